The Kier molecular flexibility index (Phi) is 26.6. The molecule has 5 amide bonds. The van der Waals surface area contributed by atoms with Crippen LogP contribution in [0.25, 0.3) is 0 Å². The summed E-state index contributed by atoms with van der Waals surface area (Å²) in [5.74, 6) is -12.8. The van der Waals surface area contributed by atoms with Gasteiger partial charge in [0.1, 0.15) is 16.8 Å². The number of aromatic amines is 3. The number of fused-ring (bicyclic) bond motifs is 3. The van der Waals surface area contributed by atoms with Gasteiger partial charge in [-0.25, -0.2) is 40.7 Å². The minimum Gasteiger partial charge on any atom is -0.444 e. The Bertz CT molecular complexity index is 4180. The van der Waals surface area contributed by atoms with Gasteiger partial charge in [0.15, 0.2) is 46.3 Å². The Morgan fingerprint density at radius 2 is 0.757 bits per heavy atom. The van der Waals surface area contributed by atoms with Gasteiger partial charge in [0.25, 0.3) is 11.8 Å². The number of aromatic nitrogens is 6. The summed E-state index contributed by atoms with van der Waals surface area (Å²) in [6, 6.07) is 5.07. The number of piperidine rings is 3. The molecule has 0 radical (unpaired) electrons. The largest absolute Gasteiger partial charge is 0.444 e. The van der Waals surface area contributed by atoms with Crippen molar-refractivity contribution in [1.29, 1.82) is 0 Å². The predicted molar refractivity (Wildman–Crippen MR) is 349 cm³/mol. The molecule has 4 N–H and O–H groups in total. The molecule has 3 saturated heterocycles. The quantitative estimate of drug-likeness (QED) is 0.0924. The highest BCUT2D eigenvalue weighted by atomic mass is 19.4. The number of H-pyrrole nitrogens is 3. The van der Waals surface area contributed by atoms with Gasteiger partial charge in [-0.2, -0.15) is 64.4 Å². The minimum absolute atomic E-state index is 0. The van der Waals surface area contributed by atoms with E-state index in [0.29, 0.717) is 55.3 Å². The maximum Gasteiger partial charge on any atom is 0.419 e. The van der Waals surface area contributed by atoms with Crippen molar-refractivity contribution in [2.75, 3.05) is 39.3 Å². The Morgan fingerprint density at radius 3 is 1.11 bits per heavy atom. The van der Waals surface area contributed by atoms with E-state index < -0.39 is 123 Å². The van der Waals surface area contributed by atoms with E-state index in [1.165, 1.54) is 14.7 Å². The van der Waals surface area contributed by atoms with Crippen LogP contribution in [0, 0.1) is 34.9 Å². The third kappa shape index (κ3) is 20.9. The van der Waals surface area contributed by atoms with Crippen LogP contribution in [-0.2, 0) is 81.6 Å². The molecule has 3 aromatic heterocycles. The molecule has 6 aliphatic heterocycles. The molecule has 0 unspecified atom stereocenters. The molecule has 6 aliphatic rings. The Hall–Kier alpha value is -9.67. The smallest absolute Gasteiger partial charge is 0.419 e. The number of nitrogens with zero attached hydrogens (tertiary/aromatic N) is 8. The van der Waals surface area contributed by atoms with Crippen LogP contribution in [0.4, 0.5) is 80.2 Å². The summed E-state index contributed by atoms with van der Waals surface area (Å²) in [7, 11) is 0. The molecule has 0 aliphatic carbocycles. The Labute approximate surface area is 604 Å². The lowest BCUT2D eigenvalue weighted by Gasteiger charge is -2.34. The van der Waals surface area contributed by atoms with E-state index in [1.807, 2.05) is 20.8 Å². The zero-order chi connectivity index (χ0) is 78.5. The SMILES string of the molecule is C.CC(C)(C)OC(=O)N1CCC(c2ccc(F)c(F)c2C(F)(F)F)CC1.CC(C)(C)OC(=O)N1Cc2[nH]nc(C(=O)N3CCC(c4ccc(F)c(F)c4C(F)(F)F)CC3)c2C1.CC(C)(C)OC(=O)N1Cc2cn[nH]c2C1.O=C(c1n[nH]c2c1CNC2)N1CCC(c2ccc(F)c(F)c2C(F)(F)F)CC1.O=C=O. The van der Waals surface area contributed by atoms with Crippen LogP contribution in [0.3, 0.4) is 0 Å². The van der Waals surface area contributed by atoms with Gasteiger partial charge in [-0.1, -0.05) is 25.6 Å². The summed E-state index contributed by atoms with van der Waals surface area (Å²) in [5.41, 5.74) is -1.91. The lowest BCUT2D eigenvalue weighted by Crippen LogP contribution is -2.41. The molecule has 0 bridgehead atoms. The van der Waals surface area contributed by atoms with Crippen LogP contribution in [0.2, 0.25) is 0 Å². The first-order valence-corrected chi connectivity index (χ1v) is 33.3. The van der Waals surface area contributed by atoms with Crippen LogP contribution in [0.5, 0.6) is 0 Å². The van der Waals surface area contributed by atoms with Gasteiger partial charge in [-0.05, 0) is 153 Å². The van der Waals surface area contributed by atoms with E-state index in [9.17, 15) is 89.8 Å². The number of benzene rings is 3. The van der Waals surface area contributed by atoms with Gasteiger partial charge >= 0.3 is 43.0 Å². The van der Waals surface area contributed by atoms with Gasteiger partial charge in [-0.3, -0.25) is 34.7 Å². The number of nitrogens with one attached hydrogen (secondary N) is 4. The monoisotopic (exact) mass is 1530 g/mol. The molecule has 0 spiro atoms. The first kappa shape index (κ1) is 84.6. The summed E-state index contributed by atoms with van der Waals surface area (Å²) >= 11 is 0. The van der Waals surface area contributed by atoms with Crippen LogP contribution in [0.1, 0.15) is 214 Å². The van der Waals surface area contributed by atoms with Crippen LogP contribution < -0.4 is 5.32 Å². The van der Waals surface area contributed by atoms with Gasteiger partial charge in [0.05, 0.1) is 66.1 Å². The van der Waals surface area contributed by atoms with Crippen LogP contribution in [-0.4, -0.2) is 147 Å². The molecule has 586 valence electrons. The Morgan fingerprint density at radius 1 is 0.430 bits per heavy atom. The van der Waals surface area contributed by atoms with E-state index in [1.54, 1.807) is 57.5 Å². The number of carbonyl (C=O) groups is 5. The van der Waals surface area contributed by atoms with Crippen molar-refractivity contribution in [2.45, 2.75) is 201 Å². The normalized spacial score (nSPS) is 16.4. The fourth-order valence-electron chi connectivity index (χ4n) is 12.9. The fraction of sp³-hybridized carbons (Fsp3) is 0.529. The van der Waals surface area contributed by atoms with Crippen molar-refractivity contribution in [3.8, 4) is 0 Å². The van der Waals surface area contributed by atoms with Crippen LogP contribution >= 0.6 is 0 Å². The first-order valence-electron chi connectivity index (χ1n) is 33.3. The molecule has 6 aromatic rings. The second-order valence-electron chi connectivity index (χ2n) is 28.6. The van der Waals surface area contributed by atoms with E-state index in [-0.39, 0.29) is 139 Å². The molecule has 22 nitrogen and oxygen atoms in total. The highest BCUT2D eigenvalue weighted by Gasteiger charge is 2.45. The van der Waals surface area contributed by atoms with E-state index in [4.69, 9.17) is 23.8 Å². The number of hydrogen-bond acceptors (Lipinski definition) is 14. The Balaban J connectivity index is 0.000000202. The maximum atomic E-state index is 14.0. The second kappa shape index (κ2) is 33.6. The summed E-state index contributed by atoms with van der Waals surface area (Å²) in [4.78, 5) is 85.7. The minimum atomic E-state index is -5.04. The highest BCUT2D eigenvalue weighted by Crippen LogP contribution is 2.45. The predicted octanol–water partition coefficient (Wildman–Crippen LogP) is 15.1. The summed E-state index contributed by atoms with van der Waals surface area (Å²) in [6.07, 6.45) is -13.2. The van der Waals surface area contributed by atoms with Gasteiger partial charge in [-0.15, -0.1) is 0 Å². The summed E-state index contributed by atoms with van der Waals surface area (Å²) < 4.78 is 217. The van der Waals surface area contributed by atoms with E-state index >= 15 is 0 Å². The number of alkyl halides is 9. The number of hydrogen-bond donors (Lipinski definition) is 4. The number of rotatable bonds is 5. The molecule has 3 aromatic carbocycles. The molecular formula is C70H81F15N12O10. The third-order valence-electron chi connectivity index (χ3n) is 17.7. The molecule has 0 saturated carbocycles. The zero-order valence-electron chi connectivity index (χ0n) is 58.8. The molecule has 107 heavy (non-hydrogen) atoms. The van der Waals surface area contributed by atoms with Crippen molar-refractivity contribution in [3.05, 3.63) is 156 Å². The van der Waals surface area contributed by atoms with Crippen molar-refractivity contribution in [3.63, 3.8) is 0 Å². The molecular weight excluding hydrogens is 1450 g/mol. The van der Waals surface area contributed by atoms with Gasteiger partial charge in [0, 0.05) is 69.0 Å². The summed E-state index contributed by atoms with van der Waals surface area (Å²) in [5, 5.41) is 23.6. The average molecular weight is 1540 g/mol. The molecule has 37 heteroatoms. The lowest BCUT2D eigenvalue weighted by atomic mass is 9.86. The van der Waals surface area contributed by atoms with Crippen molar-refractivity contribution in [2.24, 2.45) is 0 Å². The maximum absolute atomic E-state index is 14.0. The topological polar surface area (TPSA) is 261 Å². The van der Waals surface area contributed by atoms with E-state index in [2.05, 4.69) is 35.9 Å². The van der Waals surface area contributed by atoms with Crippen molar-refractivity contribution in [1.82, 2.24) is 60.4 Å². The number of carbonyl (C=O) groups excluding carboxylic acids is 7. The molecule has 12 rings (SSSR count). The first-order chi connectivity index (χ1) is 49.3. The molecule has 9 heterocycles. The lowest BCUT2D eigenvalue weighted by molar-refractivity contribution is -0.191. The number of halogens is 15. The fourth-order valence-corrected chi connectivity index (χ4v) is 12.9. The van der Waals surface area contributed by atoms with Gasteiger partial charge in [0.2, 0.25) is 0 Å². The van der Waals surface area contributed by atoms with E-state index in [0.717, 1.165) is 46.8 Å². The highest BCUT2D eigenvalue weighted by molar-refractivity contribution is 5.95. The van der Waals surface area contributed by atoms with Gasteiger partial charge < -0.3 is 34.2 Å². The van der Waals surface area contributed by atoms with Crippen molar-refractivity contribution < 1.29 is 114 Å². The average Bonchev–Trinajstić information content (AvgIpc) is 1.73. The number of likely N-dealkylation sites (tertiary alicyclic amines) is 3. The number of amides is 5. The molecule has 0 atom stereocenters. The molecule has 3 fully saturated rings. The summed E-state index contributed by atoms with van der Waals surface area (Å²) in [6.45, 7) is 19.7. The zero-order valence-corrected chi connectivity index (χ0v) is 58.8. The second-order valence-corrected chi connectivity index (χ2v) is 28.6. The van der Waals surface area contributed by atoms with Crippen molar-refractivity contribution >= 4 is 36.2 Å². The standard InChI is InChI=1S/C23H25F5N4O3.C18H17F5N4O.C17H20F5NO2.C10H15N3O2.CO2.CH4/c1-22(2,3)35-21(34)32-10-14-16(11-32)29-30-19(14)20(33)31-8-6-12(7-9-31)13-4-5-15(24)18(25)17(13)23(26,27)28;19-12-2-1-10(14(15(12)20)18(21,22)23)9-3-5-27(6-4-9)17(28)16-11-7-24-8-13(11)25-26-16;1-16(2,3)25-15(24)23-8-6-10(7-9-23)11-4-5-12(18)14(19)13(11)17(20,21)22;1-10(2,3)15-9(14)13-5-7-4-11-12-8(7)6-13;2-1-3;/h4-5,12H,6-11H2,1-3H3,(H,29,30);1-2,9,24H,3-8H2,(H,25,26);4-5,10H,6-9H2,1-3H3;4H,5-6H2,1-3H3,(H,11,12);;1H4. The number of ether oxygens (including phenoxy) is 3. The third-order valence-corrected chi connectivity index (χ3v) is 17.7. The van der Waals surface area contributed by atoms with Crippen LogP contribution in [0.15, 0.2) is 42.6 Å².